The van der Waals surface area contributed by atoms with Crippen LogP contribution in [0.4, 0.5) is 0 Å². The Morgan fingerprint density at radius 3 is 2.70 bits per heavy atom. The summed E-state index contributed by atoms with van der Waals surface area (Å²) in [6, 6.07) is 9.76. The fourth-order valence-corrected chi connectivity index (χ4v) is 3.56. The van der Waals surface area contributed by atoms with Crippen LogP contribution in [0, 0.1) is 29.1 Å². The Morgan fingerprint density at radius 1 is 1.20 bits per heavy atom. The molecule has 0 aliphatic heterocycles. The van der Waals surface area contributed by atoms with E-state index >= 15 is 0 Å². The van der Waals surface area contributed by atoms with Gasteiger partial charge in [0.25, 0.3) is 0 Å². The highest BCUT2D eigenvalue weighted by molar-refractivity contribution is 5.33. The summed E-state index contributed by atoms with van der Waals surface area (Å²) >= 11 is 0. The molecule has 20 heavy (non-hydrogen) atoms. The number of hydrogen-bond donors (Lipinski definition) is 0. The van der Waals surface area contributed by atoms with Crippen molar-refractivity contribution in [1.82, 2.24) is 0 Å². The predicted octanol–water partition coefficient (Wildman–Crippen LogP) is 5.04. The zero-order chi connectivity index (χ0) is 17.5. The molecule has 4 unspecified atom stereocenters. The van der Waals surface area contributed by atoms with Crippen molar-refractivity contribution >= 4 is 0 Å². The summed E-state index contributed by atoms with van der Waals surface area (Å²) in [5, 5.41) is 8.92. The van der Waals surface area contributed by atoms with Crippen LogP contribution in [0.5, 0.6) is 0 Å². The standard InChI is InChI=1S/C19H23N/c1-2-14-3-8-19-12-18(10-9-17(19)11-14)16-6-4-15(13-20)5-7-16/h2,4-7,14,17-19H,1,3,8-12H2/i3D2,11D2. The van der Waals surface area contributed by atoms with Crippen LogP contribution in [0.25, 0.3) is 0 Å². The third-order valence-electron chi connectivity index (χ3n) is 4.72. The molecule has 0 radical (unpaired) electrons. The van der Waals surface area contributed by atoms with E-state index in [0.29, 0.717) is 17.9 Å². The number of allylic oxidation sites excluding steroid dienone is 1. The highest BCUT2D eigenvalue weighted by Gasteiger charge is 2.35. The van der Waals surface area contributed by atoms with Crippen molar-refractivity contribution in [2.75, 3.05) is 0 Å². The molecule has 1 nitrogen and oxygen atoms in total. The minimum absolute atomic E-state index is 0.0561. The van der Waals surface area contributed by atoms with Gasteiger partial charge in [0, 0.05) is 5.48 Å². The Hall–Kier alpha value is -1.55. The van der Waals surface area contributed by atoms with Gasteiger partial charge in [0.15, 0.2) is 0 Å². The second-order valence-electron chi connectivity index (χ2n) is 5.90. The lowest BCUT2D eigenvalue weighted by molar-refractivity contribution is 0.133. The molecule has 0 bridgehead atoms. The first-order valence-corrected chi connectivity index (χ1v) is 7.42. The van der Waals surface area contributed by atoms with E-state index in [9.17, 15) is 0 Å². The molecule has 2 aliphatic rings. The summed E-state index contributed by atoms with van der Waals surface area (Å²) in [5.74, 6) is -0.455. The molecule has 1 aromatic rings. The van der Waals surface area contributed by atoms with Gasteiger partial charge in [0.1, 0.15) is 0 Å². The van der Waals surface area contributed by atoms with Gasteiger partial charge in [-0.15, -0.1) is 6.58 Å². The van der Waals surface area contributed by atoms with Gasteiger partial charge >= 0.3 is 0 Å². The van der Waals surface area contributed by atoms with Crippen LogP contribution in [0.1, 0.15) is 61.0 Å². The summed E-state index contributed by atoms with van der Waals surface area (Å²) in [6.45, 7) is 3.69. The summed E-state index contributed by atoms with van der Waals surface area (Å²) in [7, 11) is 0. The van der Waals surface area contributed by atoms with E-state index in [4.69, 9.17) is 10.7 Å². The number of benzene rings is 1. The zero-order valence-corrected chi connectivity index (χ0v) is 11.7. The van der Waals surface area contributed by atoms with Crippen LogP contribution >= 0.6 is 0 Å². The van der Waals surface area contributed by atoms with Gasteiger partial charge in [-0.2, -0.15) is 5.26 Å². The van der Waals surface area contributed by atoms with Crippen LogP contribution < -0.4 is 0 Å². The number of nitriles is 1. The average Bonchev–Trinajstić information content (AvgIpc) is 2.53. The maximum absolute atomic E-state index is 8.92. The Morgan fingerprint density at radius 2 is 2.00 bits per heavy atom. The first kappa shape index (κ1) is 9.40. The molecule has 2 aliphatic carbocycles. The lowest BCUT2D eigenvalue weighted by atomic mass is 9.64. The number of hydrogen-bond acceptors (Lipinski definition) is 1. The molecule has 0 spiro atoms. The predicted molar refractivity (Wildman–Crippen MR) is 82.3 cm³/mol. The number of rotatable bonds is 2. The largest absolute Gasteiger partial charge is 0.192 e. The van der Waals surface area contributed by atoms with E-state index in [1.54, 1.807) is 0 Å². The summed E-state index contributed by atoms with van der Waals surface area (Å²) in [4.78, 5) is 0. The quantitative estimate of drug-likeness (QED) is 0.690. The zero-order valence-electron chi connectivity index (χ0n) is 15.7. The normalized spacial score (nSPS) is 41.0. The molecule has 1 heteroatoms. The fourth-order valence-electron chi connectivity index (χ4n) is 3.56. The molecule has 4 atom stereocenters. The van der Waals surface area contributed by atoms with Crippen molar-refractivity contribution in [3.63, 3.8) is 0 Å². The van der Waals surface area contributed by atoms with Gasteiger partial charge in [-0.25, -0.2) is 0 Å². The van der Waals surface area contributed by atoms with Crippen LogP contribution in [0.3, 0.4) is 0 Å². The molecule has 104 valence electrons. The summed E-state index contributed by atoms with van der Waals surface area (Å²) in [5.41, 5.74) is 1.83. The molecule has 0 aromatic heterocycles. The van der Waals surface area contributed by atoms with Crippen LogP contribution in [0.2, 0.25) is 0 Å². The molecular formula is C19H23N. The van der Waals surface area contributed by atoms with Crippen LogP contribution in [-0.2, 0) is 0 Å². The first-order valence-electron chi connectivity index (χ1n) is 9.42. The Balaban J connectivity index is 1.83. The molecule has 0 heterocycles. The molecule has 0 saturated heterocycles. The van der Waals surface area contributed by atoms with Gasteiger partial charge in [0.05, 0.1) is 11.6 Å². The summed E-state index contributed by atoms with van der Waals surface area (Å²) in [6.07, 6.45) is 1.31. The van der Waals surface area contributed by atoms with Crippen LogP contribution in [0.15, 0.2) is 36.9 Å². The lowest BCUT2D eigenvalue weighted by Gasteiger charge is -2.41. The van der Waals surface area contributed by atoms with Crippen molar-refractivity contribution in [1.29, 1.82) is 5.26 Å². The third kappa shape index (κ3) is 2.66. The lowest BCUT2D eigenvalue weighted by Crippen LogP contribution is -2.29. The van der Waals surface area contributed by atoms with Crippen LogP contribution in [-0.4, -0.2) is 0 Å². The molecule has 2 saturated carbocycles. The van der Waals surface area contributed by atoms with E-state index in [-0.39, 0.29) is 11.8 Å². The van der Waals surface area contributed by atoms with Gasteiger partial charge in [0.2, 0.25) is 0 Å². The molecule has 3 rings (SSSR count). The van der Waals surface area contributed by atoms with E-state index in [2.05, 4.69) is 12.6 Å². The topological polar surface area (TPSA) is 23.8 Å². The molecule has 0 N–H and O–H groups in total. The maximum atomic E-state index is 8.92. The minimum Gasteiger partial charge on any atom is -0.192 e. The smallest absolute Gasteiger partial charge is 0.0991 e. The number of nitrogens with zero attached hydrogens (tertiary/aromatic N) is 1. The number of fused-ring (bicyclic) bond motifs is 1. The van der Waals surface area contributed by atoms with E-state index < -0.39 is 18.7 Å². The summed E-state index contributed by atoms with van der Waals surface area (Å²) < 4.78 is 33.6. The second kappa shape index (κ2) is 5.83. The van der Waals surface area contributed by atoms with Crippen molar-refractivity contribution in [3.05, 3.63) is 48.0 Å². The van der Waals surface area contributed by atoms with Crippen molar-refractivity contribution < 1.29 is 5.48 Å². The van der Waals surface area contributed by atoms with Crippen molar-refractivity contribution in [3.8, 4) is 6.07 Å². The molecule has 1 aromatic carbocycles. The van der Waals surface area contributed by atoms with Crippen molar-refractivity contribution in [2.24, 2.45) is 17.8 Å². The van der Waals surface area contributed by atoms with Gasteiger partial charge in [-0.3, -0.25) is 0 Å². The molecule has 2 fully saturated rings. The van der Waals surface area contributed by atoms with E-state index in [1.165, 1.54) is 11.6 Å². The van der Waals surface area contributed by atoms with Gasteiger partial charge in [-0.05, 0) is 79.8 Å². The third-order valence-corrected chi connectivity index (χ3v) is 4.72. The van der Waals surface area contributed by atoms with E-state index in [0.717, 1.165) is 19.3 Å². The SMILES string of the molecule is [2H]C1([2H])CC2CC(c3ccc(C#N)cc3)CCC2C([2H])([2H])C1C=C. The molecular weight excluding hydrogens is 242 g/mol. The van der Waals surface area contributed by atoms with Crippen molar-refractivity contribution in [2.45, 2.75) is 44.3 Å². The van der Waals surface area contributed by atoms with E-state index in [1.807, 2.05) is 24.3 Å². The Bertz CT molecular complexity index is 659. The monoisotopic (exact) mass is 269 g/mol. The first-order chi connectivity index (χ1) is 11.3. The fraction of sp³-hybridized carbons (Fsp3) is 0.526. The Labute approximate surface area is 127 Å². The molecule has 0 amide bonds. The van der Waals surface area contributed by atoms with Gasteiger partial charge in [-0.1, -0.05) is 18.2 Å². The Kier molecular flexibility index (Phi) is 2.74. The maximum Gasteiger partial charge on any atom is 0.0991 e. The average molecular weight is 269 g/mol. The second-order valence-corrected chi connectivity index (χ2v) is 5.90. The highest BCUT2D eigenvalue weighted by atomic mass is 14.4. The highest BCUT2D eigenvalue weighted by Crippen LogP contribution is 2.47. The van der Waals surface area contributed by atoms with Gasteiger partial charge < -0.3 is 0 Å². The minimum atomic E-state index is -1.54.